The second-order valence-electron chi connectivity index (χ2n) is 7.23. The monoisotopic (exact) mass is 441 g/mol. The van der Waals surface area contributed by atoms with Crippen molar-refractivity contribution >= 4 is 38.7 Å². The van der Waals surface area contributed by atoms with E-state index >= 15 is 0 Å². The molecule has 2 nitrogen and oxygen atoms in total. The number of halogens is 1. The molecule has 1 heterocycles. The maximum atomic E-state index is 6.47. The van der Waals surface area contributed by atoms with Gasteiger partial charge in [-0.2, -0.15) is 0 Å². The number of hydrogen-bond acceptors (Lipinski definition) is 3. The van der Waals surface area contributed by atoms with Gasteiger partial charge in [0.1, 0.15) is 5.75 Å². The number of benzene rings is 4. The van der Waals surface area contributed by atoms with Crippen molar-refractivity contribution < 1.29 is 4.74 Å². The smallest absolute Gasteiger partial charge is 0.201 e. The zero-order chi connectivity index (χ0) is 21.0. The topological polar surface area (TPSA) is 21.3 Å². The molecule has 152 valence electrons. The molecule has 0 aliphatic carbocycles. The Morgan fingerprint density at radius 2 is 1.48 bits per heavy atom. The fraction of sp³-hybridized carbons (Fsp3) is 0.0370. The van der Waals surface area contributed by atoms with Crippen LogP contribution in [0.3, 0.4) is 0 Å². The fourth-order valence-electron chi connectivity index (χ4n) is 3.61. The van der Waals surface area contributed by atoms with E-state index in [0.29, 0.717) is 10.1 Å². The largest absolute Gasteiger partial charge is 0.445 e. The summed E-state index contributed by atoms with van der Waals surface area (Å²) in [6.07, 6.45) is 0. The van der Waals surface area contributed by atoms with E-state index in [-0.39, 0.29) is 0 Å². The van der Waals surface area contributed by atoms with Gasteiger partial charge in [-0.15, -0.1) is 0 Å². The molecule has 0 amide bonds. The van der Waals surface area contributed by atoms with Gasteiger partial charge < -0.3 is 10.1 Å². The van der Waals surface area contributed by atoms with Crippen molar-refractivity contribution in [1.82, 2.24) is 0 Å². The van der Waals surface area contributed by atoms with Crippen molar-refractivity contribution in [2.45, 2.75) is 6.54 Å². The van der Waals surface area contributed by atoms with E-state index in [0.717, 1.165) is 28.4 Å². The SMILES string of the molecule is Clc1cc(NCc2cccc3ccccc23)sc1Oc1cccc(-c2ccccc2)c1. The first-order chi connectivity index (χ1) is 15.3. The van der Waals surface area contributed by atoms with Gasteiger partial charge in [-0.05, 0) is 45.7 Å². The van der Waals surface area contributed by atoms with Crippen LogP contribution in [0.1, 0.15) is 5.56 Å². The summed E-state index contributed by atoms with van der Waals surface area (Å²) in [6, 6.07) is 35.1. The van der Waals surface area contributed by atoms with Crippen LogP contribution in [-0.2, 0) is 6.54 Å². The standard InChI is InChI=1S/C27H20ClNOS/c28-25-17-26(29-18-22-13-6-11-20-10-4-5-15-24(20)22)31-27(25)30-23-14-7-12-21(16-23)19-8-2-1-3-9-19/h1-17,29H,18H2. The van der Waals surface area contributed by atoms with Crippen LogP contribution in [0.15, 0.2) is 103 Å². The highest BCUT2D eigenvalue weighted by molar-refractivity contribution is 7.18. The lowest BCUT2D eigenvalue weighted by Gasteiger charge is -2.08. The van der Waals surface area contributed by atoms with Crippen LogP contribution in [0, 0.1) is 0 Å². The number of nitrogens with one attached hydrogen (secondary N) is 1. The highest BCUT2D eigenvalue weighted by Crippen LogP contribution is 2.41. The maximum absolute atomic E-state index is 6.47. The Labute approximate surface area is 190 Å². The predicted octanol–water partition coefficient (Wildman–Crippen LogP) is 8.63. The molecule has 5 aromatic rings. The molecular formula is C27H20ClNOS. The zero-order valence-electron chi connectivity index (χ0n) is 16.7. The quantitative estimate of drug-likeness (QED) is 0.284. The second-order valence-corrected chi connectivity index (χ2v) is 8.66. The normalized spacial score (nSPS) is 10.9. The van der Waals surface area contributed by atoms with Crippen molar-refractivity contribution in [3.8, 4) is 21.9 Å². The molecule has 0 saturated carbocycles. The minimum atomic E-state index is 0.607. The van der Waals surface area contributed by atoms with Gasteiger partial charge >= 0.3 is 0 Å². The summed E-state index contributed by atoms with van der Waals surface area (Å²) in [4.78, 5) is 0. The third-order valence-corrected chi connectivity index (χ3v) is 6.50. The molecule has 31 heavy (non-hydrogen) atoms. The van der Waals surface area contributed by atoms with Gasteiger partial charge in [0.15, 0.2) is 0 Å². The summed E-state index contributed by atoms with van der Waals surface area (Å²) in [5.74, 6) is 0.769. The van der Waals surface area contributed by atoms with Crippen LogP contribution in [0.5, 0.6) is 10.8 Å². The zero-order valence-corrected chi connectivity index (χ0v) is 18.3. The molecular weight excluding hydrogens is 422 g/mol. The highest BCUT2D eigenvalue weighted by atomic mass is 35.5. The van der Waals surface area contributed by atoms with Crippen molar-refractivity contribution in [2.24, 2.45) is 0 Å². The van der Waals surface area contributed by atoms with Crippen LogP contribution < -0.4 is 10.1 Å². The summed E-state index contributed by atoms with van der Waals surface area (Å²) >= 11 is 7.99. The van der Waals surface area contributed by atoms with Crippen LogP contribution in [-0.4, -0.2) is 0 Å². The van der Waals surface area contributed by atoms with E-state index in [9.17, 15) is 0 Å². The Morgan fingerprint density at radius 1 is 0.742 bits per heavy atom. The van der Waals surface area contributed by atoms with Crippen molar-refractivity contribution in [1.29, 1.82) is 0 Å². The lowest BCUT2D eigenvalue weighted by atomic mass is 10.0. The first-order valence-electron chi connectivity index (χ1n) is 10.1. The van der Waals surface area contributed by atoms with Gasteiger partial charge in [0.05, 0.1) is 10.0 Å². The molecule has 4 heteroatoms. The number of anilines is 1. The molecule has 0 aliphatic heterocycles. The maximum Gasteiger partial charge on any atom is 0.201 e. The van der Waals surface area contributed by atoms with Crippen LogP contribution in [0.25, 0.3) is 21.9 Å². The van der Waals surface area contributed by atoms with E-state index in [1.807, 2.05) is 42.5 Å². The molecule has 0 bridgehead atoms. The molecule has 1 aromatic heterocycles. The summed E-state index contributed by atoms with van der Waals surface area (Å²) in [5, 5.41) is 8.27. The Hall–Kier alpha value is -3.27. The Morgan fingerprint density at radius 3 is 2.39 bits per heavy atom. The number of hydrogen-bond donors (Lipinski definition) is 1. The molecule has 0 saturated heterocycles. The first-order valence-corrected chi connectivity index (χ1v) is 11.3. The average Bonchev–Trinajstić information content (AvgIpc) is 3.17. The molecule has 4 aromatic carbocycles. The van der Waals surface area contributed by atoms with Gasteiger partial charge in [-0.1, -0.05) is 108 Å². The second kappa shape index (κ2) is 8.84. The number of ether oxygens (including phenoxy) is 1. The summed E-state index contributed by atoms with van der Waals surface area (Å²) in [5.41, 5.74) is 3.52. The minimum Gasteiger partial charge on any atom is -0.445 e. The van der Waals surface area contributed by atoms with Crippen LogP contribution >= 0.6 is 22.9 Å². The van der Waals surface area contributed by atoms with Gasteiger partial charge in [0, 0.05) is 6.54 Å². The van der Waals surface area contributed by atoms with Crippen molar-refractivity contribution in [3.05, 3.63) is 114 Å². The van der Waals surface area contributed by atoms with E-state index in [1.165, 1.54) is 27.7 Å². The number of fused-ring (bicyclic) bond motifs is 1. The van der Waals surface area contributed by atoms with E-state index in [4.69, 9.17) is 16.3 Å². The van der Waals surface area contributed by atoms with E-state index < -0.39 is 0 Å². The van der Waals surface area contributed by atoms with Gasteiger partial charge in [-0.25, -0.2) is 0 Å². The fourth-order valence-corrected chi connectivity index (χ4v) is 4.76. The number of rotatable bonds is 6. The highest BCUT2D eigenvalue weighted by Gasteiger charge is 2.11. The Balaban J connectivity index is 1.32. The Kier molecular flexibility index (Phi) is 5.61. The molecule has 0 unspecified atom stereocenters. The third kappa shape index (κ3) is 4.43. The summed E-state index contributed by atoms with van der Waals surface area (Å²) < 4.78 is 6.12. The first kappa shape index (κ1) is 19.7. The van der Waals surface area contributed by atoms with Crippen molar-refractivity contribution in [2.75, 3.05) is 5.32 Å². The predicted molar refractivity (Wildman–Crippen MR) is 133 cm³/mol. The lowest BCUT2D eigenvalue weighted by Crippen LogP contribution is -1.98. The third-order valence-electron chi connectivity index (χ3n) is 5.14. The van der Waals surface area contributed by atoms with Crippen molar-refractivity contribution in [3.63, 3.8) is 0 Å². The molecule has 1 N–H and O–H groups in total. The Bertz CT molecular complexity index is 1320. The van der Waals surface area contributed by atoms with E-state index in [2.05, 4.69) is 66.0 Å². The van der Waals surface area contributed by atoms with Gasteiger partial charge in [0.25, 0.3) is 0 Å². The molecule has 0 radical (unpaired) electrons. The van der Waals surface area contributed by atoms with E-state index in [1.54, 1.807) is 0 Å². The summed E-state index contributed by atoms with van der Waals surface area (Å²) in [7, 11) is 0. The number of thiophene rings is 1. The summed E-state index contributed by atoms with van der Waals surface area (Å²) in [6.45, 7) is 0.723. The van der Waals surface area contributed by atoms with Gasteiger partial charge in [0.2, 0.25) is 5.06 Å². The van der Waals surface area contributed by atoms with Crippen LogP contribution in [0.4, 0.5) is 5.00 Å². The minimum absolute atomic E-state index is 0.607. The average molecular weight is 442 g/mol. The molecule has 0 aliphatic rings. The van der Waals surface area contributed by atoms with Gasteiger partial charge in [-0.3, -0.25) is 0 Å². The molecule has 0 atom stereocenters. The molecule has 5 rings (SSSR count). The molecule has 0 fully saturated rings. The van der Waals surface area contributed by atoms with Crippen LogP contribution in [0.2, 0.25) is 5.02 Å². The molecule has 0 spiro atoms. The lowest BCUT2D eigenvalue weighted by molar-refractivity contribution is 0.497.